The molecule has 0 bridgehead atoms. The summed E-state index contributed by atoms with van der Waals surface area (Å²) in [5.74, 6) is 0.597. The highest BCUT2D eigenvalue weighted by atomic mass is 79.9. The third-order valence-electron chi connectivity index (χ3n) is 4.43. The molecule has 28 heavy (non-hydrogen) atoms. The molecule has 3 nitrogen and oxygen atoms in total. The van der Waals surface area contributed by atoms with Crippen molar-refractivity contribution in [3.05, 3.63) is 99.0 Å². The Balaban J connectivity index is 1.87. The minimum Gasteiger partial charge on any atom is -0.268 e. The number of nitrogens with zero attached hydrogens (tertiary/aromatic N) is 2. The number of fused-ring (bicyclic) bond motifs is 1. The van der Waals surface area contributed by atoms with Crippen LogP contribution in [0, 0.1) is 0 Å². The van der Waals surface area contributed by atoms with Gasteiger partial charge in [0.05, 0.1) is 16.6 Å². The van der Waals surface area contributed by atoms with Crippen molar-refractivity contribution in [2.45, 2.75) is 4.90 Å². The molecule has 0 saturated heterocycles. The topological polar surface area (TPSA) is 34.9 Å². The third-order valence-corrected chi connectivity index (χ3v) is 5.70. The largest absolute Gasteiger partial charge is 0.268 e. The molecule has 0 aliphatic carbocycles. The molecule has 5 heteroatoms. The van der Waals surface area contributed by atoms with E-state index in [1.54, 1.807) is 16.3 Å². The Labute approximate surface area is 175 Å². The van der Waals surface area contributed by atoms with Gasteiger partial charge in [0.1, 0.15) is 5.82 Å². The summed E-state index contributed by atoms with van der Waals surface area (Å²) < 4.78 is 2.62. The summed E-state index contributed by atoms with van der Waals surface area (Å²) in [4.78, 5) is 19.2. The molecule has 0 N–H and O–H groups in total. The summed E-state index contributed by atoms with van der Waals surface area (Å²) in [6, 6.07) is 23.4. The Bertz CT molecular complexity index is 1210. The SMILES string of the molecule is CSc1ccc(/C=C/c2nc3ccccc3c(=O)n2-c2ccc(Br)cc2)cc1. The zero-order chi connectivity index (χ0) is 19.5. The van der Waals surface area contributed by atoms with Gasteiger partial charge in [0.2, 0.25) is 0 Å². The van der Waals surface area contributed by atoms with Crippen molar-refractivity contribution in [3.63, 3.8) is 0 Å². The maximum atomic E-state index is 13.2. The first-order valence-electron chi connectivity index (χ1n) is 8.75. The van der Waals surface area contributed by atoms with Crippen molar-refractivity contribution in [1.29, 1.82) is 0 Å². The predicted molar refractivity (Wildman–Crippen MR) is 122 cm³/mol. The predicted octanol–water partition coefficient (Wildman–Crippen LogP) is 6.04. The van der Waals surface area contributed by atoms with Crippen molar-refractivity contribution in [3.8, 4) is 5.69 Å². The van der Waals surface area contributed by atoms with Crippen molar-refractivity contribution in [2.24, 2.45) is 0 Å². The Morgan fingerprint density at radius 1 is 0.929 bits per heavy atom. The van der Waals surface area contributed by atoms with E-state index >= 15 is 0 Å². The number of rotatable bonds is 4. The number of aromatic nitrogens is 2. The quantitative estimate of drug-likeness (QED) is 0.357. The van der Waals surface area contributed by atoms with Gasteiger partial charge in [-0.3, -0.25) is 9.36 Å². The maximum absolute atomic E-state index is 13.2. The fraction of sp³-hybridized carbons (Fsp3) is 0.0435. The monoisotopic (exact) mass is 448 g/mol. The highest BCUT2D eigenvalue weighted by Gasteiger charge is 2.10. The van der Waals surface area contributed by atoms with Crippen molar-refractivity contribution < 1.29 is 0 Å². The first kappa shape index (κ1) is 18.7. The molecular weight excluding hydrogens is 432 g/mol. The van der Waals surface area contributed by atoms with E-state index in [9.17, 15) is 4.79 Å². The van der Waals surface area contributed by atoms with Crippen LogP contribution >= 0.6 is 27.7 Å². The number of thioether (sulfide) groups is 1. The van der Waals surface area contributed by atoms with E-state index in [0.29, 0.717) is 16.7 Å². The lowest BCUT2D eigenvalue weighted by atomic mass is 10.2. The molecule has 4 rings (SSSR count). The number of para-hydroxylation sites is 1. The maximum Gasteiger partial charge on any atom is 0.266 e. The summed E-state index contributed by atoms with van der Waals surface area (Å²) in [6.07, 6.45) is 5.93. The van der Waals surface area contributed by atoms with Crippen molar-refractivity contribution in [1.82, 2.24) is 9.55 Å². The average Bonchev–Trinajstić information content (AvgIpc) is 2.74. The zero-order valence-corrected chi connectivity index (χ0v) is 17.6. The molecule has 0 radical (unpaired) electrons. The minimum absolute atomic E-state index is 0.0784. The van der Waals surface area contributed by atoms with Gasteiger partial charge in [0, 0.05) is 9.37 Å². The Morgan fingerprint density at radius 2 is 1.64 bits per heavy atom. The number of hydrogen-bond acceptors (Lipinski definition) is 3. The number of halogens is 1. The molecule has 3 aromatic carbocycles. The second-order valence-corrected chi connectivity index (χ2v) is 8.01. The molecule has 1 heterocycles. The van der Waals surface area contributed by atoms with Gasteiger partial charge in [-0.1, -0.05) is 46.3 Å². The van der Waals surface area contributed by atoms with Gasteiger partial charge in [0.25, 0.3) is 5.56 Å². The standard InChI is InChI=1S/C23H17BrN2OS/c1-28-19-13-6-16(7-14-19)8-15-22-25-21-5-3-2-4-20(21)23(27)26(22)18-11-9-17(24)10-12-18/h2-15H,1H3/b15-8+. The normalized spacial score (nSPS) is 11.4. The molecule has 0 saturated carbocycles. The van der Waals surface area contributed by atoms with E-state index in [0.717, 1.165) is 15.7 Å². The van der Waals surface area contributed by atoms with Crippen LogP contribution in [-0.2, 0) is 0 Å². The summed E-state index contributed by atoms with van der Waals surface area (Å²) in [5.41, 5.74) is 2.45. The van der Waals surface area contributed by atoms with Crippen molar-refractivity contribution in [2.75, 3.05) is 6.26 Å². The molecule has 0 aliphatic heterocycles. The summed E-state index contributed by atoms with van der Waals surface area (Å²) in [6.45, 7) is 0. The zero-order valence-electron chi connectivity index (χ0n) is 15.2. The smallest absolute Gasteiger partial charge is 0.266 e. The van der Waals surface area contributed by atoms with Crippen LogP contribution in [0.3, 0.4) is 0 Å². The molecule has 0 spiro atoms. The highest BCUT2D eigenvalue weighted by Crippen LogP contribution is 2.19. The van der Waals surface area contributed by atoms with Crippen LogP contribution in [0.15, 0.2) is 87.0 Å². The van der Waals surface area contributed by atoms with Gasteiger partial charge in [-0.25, -0.2) is 4.98 Å². The van der Waals surface area contributed by atoms with E-state index in [1.807, 2.05) is 60.7 Å². The summed E-state index contributed by atoms with van der Waals surface area (Å²) >= 11 is 5.16. The van der Waals surface area contributed by atoms with Gasteiger partial charge >= 0.3 is 0 Å². The van der Waals surface area contributed by atoms with E-state index in [2.05, 4.69) is 46.5 Å². The summed E-state index contributed by atoms with van der Waals surface area (Å²) in [5, 5.41) is 0.604. The number of hydrogen-bond donors (Lipinski definition) is 0. The van der Waals surface area contributed by atoms with Gasteiger partial charge in [0.15, 0.2) is 0 Å². The van der Waals surface area contributed by atoms with E-state index in [1.165, 1.54) is 4.90 Å². The Morgan fingerprint density at radius 3 is 2.36 bits per heavy atom. The second-order valence-electron chi connectivity index (χ2n) is 6.21. The molecule has 138 valence electrons. The average molecular weight is 449 g/mol. The van der Waals surface area contributed by atoms with E-state index in [4.69, 9.17) is 4.98 Å². The lowest BCUT2D eigenvalue weighted by molar-refractivity contribution is 0.943. The van der Waals surface area contributed by atoms with E-state index in [-0.39, 0.29) is 5.56 Å². The Hall–Kier alpha value is -2.63. The molecule has 0 unspecified atom stereocenters. The minimum atomic E-state index is -0.0784. The first-order valence-corrected chi connectivity index (χ1v) is 10.8. The lowest BCUT2D eigenvalue weighted by Gasteiger charge is -2.11. The van der Waals surface area contributed by atoms with Gasteiger partial charge in [-0.15, -0.1) is 11.8 Å². The summed E-state index contributed by atoms with van der Waals surface area (Å²) in [7, 11) is 0. The first-order chi connectivity index (χ1) is 13.7. The van der Waals surface area contributed by atoms with Crippen LogP contribution in [0.1, 0.15) is 11.4 Å². The van der Waals surface area contributed by atoms with Crippen molar-refractivity contribution >= 4 is 50.7 Å². The highest BCUT2D eigenvalue weighted by molar-refractivity contribution is 9.10. The molecular formula is C23H17BrN2OS. The lowest BCUT2D eigenvalue weighted by Crippen LogP contribution is -2.22. The van der Waals surface area contributed by atoms with Crippen LogP contribution in [0.5, 0.6) is 0 Å². The fourth-order valence-corrected chi connectivity index (χ4v) is 3.66. The Kier molecular flexibility index (Phi) is 5.46. The molecule has 0 amide bonds. The fourth-order valence-electron chi connectivity index (χ4n) is 2.99. The van der Waals surface area contributed by atoms with Gasteiger partial charge in [-0.2, -0.15) is 0 Å². The molecule has 0 fully saturated rings. The van der Waals surface area contributed by atoms with Crippen LogP contribution in [0.25, 0.3) is 28.7 Å². The van der Waals surface area contributed by atoms with E-state index < -0.39 is 0 Å². The van der Waals surface area contributed by atoms with Gasteiger partial charge in [-0.05, 0) is 66.4 Å². The van der Waals surface area contributed by atoms with Crippen LogP contribution in [-0.4, -0.2) is 15.8 Å². The molecule has 0 atom stereocenters. The van der Waals surface area contributed by atoms with Crippen LogP contribution in [0.2, 0.25) is 0 Å². The molecule has 0 aliphatic rings. The van der Waals surface area contributed by atoms with Crippen LogP contribution in [0.4, 0.5) is 0 Å². The third kappa shape index (κ3) is 3.81. The van der Waals surface area contributed by atoms with Crippen LogP contribution < -0.4 is 5.56 Å². The second kappa shape index (κ2) is 8.17. The number of benzene rings is 3. The van der Waals surface area contributed by atoms with Gasteiger partial charge < -0.3 is 0 Å². The molecule has 4 aromatic rings. The molecule has 1 aromatic heterocycles.